The molecule has 2 unspecified atom stereocenters. The van der Waals surface area contributed by atoms with Crippen molar-refractivity contribution in [3.8, 4) is 0 Å². The quantitative estimate of drug-likeness (QED) is 0.880. The molecule has 2 atom stereocenters. The lowest BCUT2D eigenvalue weighted by Gasteiger charge is -2.17. The van der Waals surface area contributed by atoms with Crippen LogP contribution in [0, 0.1) is 0 Å². The van der Waals surface area contributed by atoms with Crippen LogP contribution in [0.3, 0.4) is 0 Å². The van der Waals surface area contributed by atoms with Gasteiger partial charge in [0.05, 0.1) is 6.04 Å². The summed E-state index contributed by atoms with van der Waals surface area (Å²) in [6.45, 7) is 4.35. The molecule has 0 aliphatic heterocycles. The van der Waals surface area contributed by atoms with Crippen LogP contribution >= 0.6 is 22.7 Å². The first-order valence-corrected chi connectivity index (χ1v) is 6.72. The van der Waals surface area contributed by atoms with Gasteiger partial charge in [0.15, 0.2) is 0 Å². The van der Waals surface area contributed by atoms with Crippen LogP contribution in [-0.2, 0) is 0 Å². The number of aromatic nitrogens is 1. The zero-order valence-corrected chi connectivity index (χ0v) is 10.4. The van der Waals surface area contributed by atoms with Crippen LogP contribution in [0.4, 0.5) is 0 Å². The highest BCUT2D eigenvalue weighted by Crippen LogP contribution is 2.23. The summed E-state index contributed by atoms with van der Waals surface area (Å²) in [6, 6.07) is 4.97. The third kappa shape index (κ3) is 2.65. The van der Waals surface area contributed by atoms with E-state index in [0.717, 1.165) is 5.01 Å². The Morgan fingerprint density at radius 1 is 1.20 bits per heavy atom. The molecule has 0 saturated heterocycles. The molecule has 2 aromatic rings. The second-order valence-electron chi connectivity index (χ2n) is 3.50. The molecule has 0 aliphatic rings. The normalized spacial score (nSPS) is 15.1. The van der Waals surface area contributed by atoms with Crippen molar-refractivity contribution in [1.29, 1.82) is 0 Å². The molecule has 4 heteroatoms. The lowest BCUT2D eigenvalue weighted by atomic mass is 10.2. The van der Waals surface area contributed by atoms with E-state index in [1.807, 2.05) is 11.6 Å². The maximum absolute atomic E-state index is 4.31. The molecule has 0 aliphatic carbocycles. The topological polar surface area (TPSA) is 24.9 Å². The molecule has 0 saturated carbocycles. The van der Waals surface area contributed by atoms with Gasteiger partial charge in [-0.15, -0.1) is 22.7 Å². The Morgan fingerprint density at radius 2 is 2.07 bits per heavy atom. The molecule has 80 valence electrons. The predicted octanol–water partition coefficient (Wildman–Crippen LogP) is 3.62. The second kappa shape index (κ2) is 4.88. The number of nitrogens with zero attached hydrogens (tertiary/aromatic N) is 1. The number of rotatable bonds is 4. The van der Waals surface area contributed by atoms with Crippen LogP contribution in [0.15, 0.2) is 29.1 Å². The average Bonchev–Trinajstić information content (AvgIpc) is 2.91. The summed E-state index contributed by atoms with van der Waals surface area (Å²) in [5, 5.41) is 8.82. The molecule has 1 N–H and O–H groups in total. The zero-order valence-electron chi connectivity index (χ0n) is 8.81. The molecule has 2 aromatic heterocycles. The van der Waals surface area contributed by atoms with Crippen molar-refractivity contribution in [2.45, 2.75) is 25.9 Å². The Kier molecular flexibility index (Phi) is 3.51. The van der Waals surface area contributed by atoms with E-state index in [4.69, 9.17) is 0 Å². The second-order valence-corrected chi connectivity index (χ2v) is 5.40. The van der Waals surface area contributed by atoms with Gasteiger partial charge < -0.3 is 5.32 Å². The Hall–Kier alpha value is -0.710. The smallest absolute Gasteiger partial charge is 0.109 e. The van der Waals surface area contributed by atoms with Crippen molar-refractivity contribution in [3.05, 3.63) is 39.0 Å². The number of nitrogens with one attached hydrogen (secondary N) is 1. The van der Waals surface area contributed by atoms with E-state index in [1.54, 1.807) is 22.7 Å². The van der Waals surface area contributed by atoms with Gasteiger partial charge in [0.2, 0.25) is 0 Å². The molecule has 2 nitrogen and oxygen atoms in total. The van der Waals surface area contributed by atoms with Crippen LogP contribution < -0.4 is 5.32 Å². The van der Waals surface area contributed by atoms with Gasteiger partial charge in [-0.3, -0.25) is 0 Å². The molecule has 15 heavy (non-hydrogen) atoms. The van der Waals surface area contributed by atoms with E-state index in [-0.39, 0.29) is 0 Å². The summed E-state index contributed by atoms with van der Waals surface area (Å²) >= 11 is 3.49. The van der Waals surface area contributed by atoms with Crippen LogP contribution in [-0.4, -0.2) is 4.98 Å². The summed E-state index contributed by atoms with van der Waals surface area (Å²) in [6.07, 6.45) is 1.86. The fourth-order valence-corrected chi connectivity index (χ4v) is 2.91. The monoisotopic (exact) mass is 238 g/mol. The van der Waals surface area contributed by atoms with Crippen LogP contribution in [0.1, 0.15) is 35.8 Å². The van der Waals surface area contributed by atoms with Crippen molar-refractivity contribution >= 4 is 22.7 Å². The van der Waals surface area contributed by atoms with Crippen LogP contribution in [0.25, 0.3) is 0 Å². The first kappa shape index (κ1) is 10.8. The number of hydrogen-bond donors (Lipinski definition) is 1. The van der Waals surface area contributed by atoms with Gasteiger partial charge in [-0.1, -0.05) is 6.07 Å². The number of thiophene rings is 1. The summed E-state index contributed by atoms with van der Waals surface area (Å²) in [5.41, 5.74) is 0. The Balaban J connectivity index is 1.98. The average molecular weight is 238 g/mol. The van der Waals surface area contributed by atoms with E-state index in [2.05, 4.69) is 41.7 Å². The lowest BCUT2D eigenvalue weighted by molar-refractivity contribution is 0.498. The minimum Gasteiger partial charge on any atom is -0.301 e. The fraction of sp³-hybridized carbons (Fsp3) is 0.364. The van der Waals surface area contributed by atoms with Crippen molar-refractivity contribution in [2.24, 2.45) is 0 Å². The van der Waals surface area contributed by atoms with E-state index in [9.17, 15) is 0 Å². The van der Waals surface area contributed by atoms with Gasteiger partial charge in [0.1, 0.15) is 5.01 Å². The minimum atomic E-state index is 0.321. The van der Waals surface area contributed by atoms with E-state index in [1.165, 1.54) is 4.88 Å². The zero-order chi connectivity index (χ0) is 10.7. The van der Waals surface area contributed by atoms with Gasteiger partial charge in [-0.2, -0.15) is 0 Å². The maximum Gasteiger partial charge on any atom is 0.109 e. The molecular formula is C11H14N2S2. The fourth-order valence-electron chi connectivity index (χ4n) is 1.51. The molecule has 0 amide bonds. The number of thiazole rings is 1. The largest absolute Gasteiger partial charge is 0.301 e. The molecular weight excluding hydrogens is 224 g/mol. The lowest BCUT2D eigenvalue weighted by Crippen LogP contribution is -2.21. The van der Waals surface area contributed by atoms with Crippen molar-refractivity contribution in [2.75, 3.05) is 0 Å². The van der Waals surface area contributed by atoms with Gasteiger partial charge in [-0.25, -0.2) is 4.98 Å². The molecule has 0 aromatic carbocycles. The van der Waals surface area contributed by atoms with Gasteiger partial charge in [0, 0.05) is 22.5 Å². The standard InChI is InChI=1S/C11H14N2S2/c1-8(10-4-3-6-14-10)13-9(2)11-12-5-7-15-11/h3-9,13H,1-2H3. The highest BCUT2D eigenvalue weighted by Gasteiger charge is 2.12. The third-order valence-electron chi connectivity index (χ3n) is 2.29. The molecule has 0 bridgehead atoms. The van der Waals surface area contributed by atoms with Crippen molar-refractivity contribution < 1.29 is 0 Å². The van der Waals surface area contributed by atoms with Crippen LogP contribution in [0.5, 0.6) is 0 Å². The highest BCUT2D eigenvalue weighted by molar-refractivity contribution is 7.10. The Labute approximate surface area is 98.0 Å². The molecule has 0 spiro atoms. The Morgan fingerprint density at radius 3 is 2.67 bits per heavy atom. The third-order valence-corrected chi connectivity index (χ3v) is 4.31. The number of hydrogen-bond acceptors (Lipinski definition) is 4. The molecule has 0 fully saturated rings. The summed E-state index contributed by atoms with van der Waals surface area (Å²) < 4.78 is 0. The Bertz CT molecular complexity index is 342. The van der Waals surface area contributed by atoms with Crippen LogP contribution in [0.2, 0.25) is 0 Å². The van der Waals surface area contributed by atoms with Gasteiger partial charge in [0.25, 0.3) is 0 Å². The molecule has 2 rings (SSSR count). The summed E-state index contributed by atoms with van der Waals surface area (Å²) in [4.78, 5) is 5.68. The van der Waals surface area contributed by atoms with E-state index < -0.39 is 0 Å². The van der Waals surface area contributed by atoms with Gasteiger partial charge >= 0.3 is 0 Å². The van der Waals surface area contributed by atoms with E-state index >= 15 is 0 Å². The summed E-state index contributed by atoms with van der Waals surface area (Å²) in [5.74, 6) is 0. The van der Waals surface area contributed by atoms with Crippen molar-refractivity contribution in [3.63, 3.8) is 0 Å². The first-order valence-electron chi connectivity index (χ1n) is 4.96. The predicted molar refractivity (Wildman–Crippen MR) is 66.4 cm³/mol. The van der Waals surface area contributed by atoms with Crippen molar-refractivity contribution in [1.82, 2.24) is 10.3 Å². The SMILES string of the molecule is CC(NC(C)c1nccs1)c1cccs1. The summed E-state index contributed by atoms with van der Waals surface area (Å²) in [7, 11) is 0. The maximum atomic E-state index is 4.31. The highest BCUT2D eigenvalue weighted by atomic mass is 32.1. The first-order chi connectivity index (χ1) is 7.27. The van der Waals surface area contributed by atoms with E-state index in [0.29, 0.717) is 12.1 Å². The molecule has 0 radical (unpaired) electrons. The van der Waals surface area contributed by atoms with Gasteiger partial charge in [-0.05, 0) is 25.3 Å². The minimum absolute atomic E-state index is 0.321. The molecule has 2 heterocycles.